The molecule has 0 bridgehead atoms. The highest BCUT2D eigenvalue weighted by molar-refractivity contribution is 9.10. The number of aryl methyl sites for hydroxylation is 2. The molecule has 1 fully saturated rings. The predicted octanol–water partition coefficient (Wildman–Crippen LogP) is 4.92. The van der Waals surface area contributed by atoms with Gasteiger partial charge in [0.1, 0.15) is 11.8 Å². The van der Waals surface area contributed by atoms with E-state index in [0.29, 0.717) is 12.3 Å². The number of benzene rings is 2. The van der Waals surface area contributed by atoms with Crippen molar-refractivity contribution in [3.63, 3.8) is 0 Å². The van der Waals surface area contributed by atoms with Crippen molar-refractivity contribution in [3.8, 4) is 5.75 Å². The van der Waals surface area contributed by atoms with Gasteiger partial charge >= 0.3 is 0 Å². The van der Waals surface area contributed by atoms with Gasteiger partial charge in [-0.3, -0.25) is 9.59 Å². The largest absolute Gasteiger partial charge is 0.484 e. The summed E-state index contributed by atoms with van der Waals surface area (Å²) in [6.07, 6.45) is 4.30. The van der Waals surface area contributed by atoms with Crippen LogP contribution < -0.4 is 10.1 Å². The first-order valence-corrected chi connectivity index (χ1v) is 11.7. The topological polar surface area (TPSA) is 58.6 Å². The van der Waals surface area contributed by atoms with Crippen LogP contribution in [0.3, 0.4) is 0 Å². The van der Waals surface area contributed by atoms with Gasteiger partial charge in [0, 0.05) is 17.1 Å². The number of ether oxygens (including phenoxy) is 1. The fourth-order valence-corrected chi connectivity index (χ4v) is 4.28. The van der Waals surface area contributed by atoms with E-state index in [0.717, 1.165) is 41.3 Å². The molecule has 6 heteroatoms. The average Bonchev–Trinajstić information content (AvgIpc) is 3.25. The molecule has 166 valence electrons. The number of carbonyl (C=O) groups excluding carboxylic acids is 2. The first-order chi connectivity index (χ1) is 14.8. The predicted molar refractivity (Wildman–Crippen MR) is 126 cm³/mol. The van der Waals surface area contributed by atoms with E-state index in [1.165, 1.54) is 5.56 Å². The van der Waals surface area contributed by atoms with Crippen LogP contribution in [0.1, 0.15) is 49.3 Å². The number of hydrogen-bond acceptors (Lipinski definition) is 3. The Balaban J connectivity index is 1.72. The van der Waals surface area contributed by atoms with E-state index in [2.05, 4.69) is 21.2 Å². The van der Waals surface area contributed by atoms with Crippen LogP contribution in [0.15, 0.2) is 46.9 Å². The molecule has 3 rings (SSSR count). The van der Waals surface area contributed by atoms with Crippen molar-refractivity contribution in [1.29, 1.82) is 0 Å². The summed E-state index contributed by atoms with van der Waals surface area (Å²) in [4.78, 5) is 27.7. The van der Waals surface area contributed by atoms with E-state index in [1.807, 2.05) is 56.3 Å². The molecule has 31 heavy (non-hydrogen) atoms. The number of halogens is 1. The Morgan fingerprint density at radius 1 is 1.13 bits per heavy atom. The molecule has 2 aromatic rings. The highest BCUT2D eigenvalue weighted by atomic mass is 79.9. The molecule has 0 radical (unpaired) electrons. The second-order valence-corrected chi connectivity index (χ2v) is 9.27. The zero-order chi connectivity index (χ0) is 22.4. The van der Waals surface area contributed by atoms with Crippen molar-refractivity contribution in [2.75, 3.05) is 6.61 Å². The lowest BCUT2D eigenvalue weighted by molar-refractivity contribution is -0.142. The maximum absolute atomic E-state index is 13.2. The third-order valence-corrected chi connectivity index (χ3v) is 6.44. The zero-order valence-electron chi connectivity index (χ0n) is 18.5. The Hall–Kier alpha value is -2.34. The summed E-state index contributed by atoms with van der Waals surface area (Å²) in [5.74, 6) is 0.329. The summed E-state index contributed by atoms with van der Waals surface area (Å²) in [7, 11) is 0. The highest BCUT2D eigenvalue weighted by Crippen LogP contribution is 2.20. The zero-order valence-corrected chi connectivity index (χ0v) is 20.1. The van der Waals surface area contributed by atoms with Gasteiger partial charge in [0.15, 0.2) is 6.61 Å². The number of hydrogen-bond donors (Lipinski definition) is 1. The summed E-state index contributed by atoms with van der Waals surface area (Å²) in [5, 5.41) is 3.12. The van der Waals surface area contributed by atoms with Crippen molar-refractivity contribution in [3.05, 3.63) is 63.6 Å². The molecule has 1 aliphatic carbocycles. The Bertz CT molecular complexity index is 925. The summed E-state index contributed by atoms with van der Waals surface area (Å²) >= 11 is 3.48. The smallest absolute Gasteiger partial charge is 0.261 e. The molecule has 1 saturated carbocycles. The Labute approximate surface area is 193 Å². The third kappa shape index (κ3) is 6.57. The van der Waals surface area contributed by atoms with Crippen LogP contribution >= 0.6 is 15.9 Å². The molecule has 0 aliphatic heterocycles. The number of carbonyl (C=O) groups is 2. The molecule has 0 unspecified atom stereocenters. The molecule has 5 nitrogen and oxygen atoms in total. The van der Waals surface area contributed by atoms with Gasteiger partial charge in [-0.1, -0.05) is 47.0 Å². The normalized spacial score (nSPS) is 14.8. The van der Waals surface area contributed by atoms with Gasteiger partial charge in [-0.25, -0.2) is 0 Å². The van der Waals surface area contributed by atoms with Gasteiger partial charge in [0.2, 0.25) is 5.91 Å². The van der Waals surface area contributed by atoms with Crippen LogP contribution in [-0.4, -0.2) is 35.4 Å². The van der Waals surface area contributed by atoms with E-state index in [-0.39, 0.29) is 24.5 Å². The molecule has 1 atom stereocenters. The van der Waals surface area contributed by atoms with Crippen molar-refractivity contribution in [2.24, 2.45) is 0 Å². The van der Waals surface area contributed by atoms with Gasteiger partial charge < -0.3 is 15.0 Å². The van der Waals surface area contributed by atoms with Crippen LogP contribution in [0.25, 0.3) is 0 Å². The molecule has 1 aliphatic rings. The number of nitrogens with zero attached hydrogens (tertiary/aromatic N) is 1. The first-order valence-electron chi connectivity index (χ1n) is 10.9. The summed E-state index contributed by atoms with van der Waals surface area (Å²) in [6.45, 7) is 6.06. The molecular weight excluding hydrogens is 456 g/mol. The van der Waals surface area contributed by atoms with Crippen LogP contribution in [0.2, 0.25) is 0 Å². The van der Waals surface area contributed by atoms with E-state index in [4.69, 9.17) is 4.74 Å². The van der Waals surface area contributed by atoms with Gasteiger partial charge in [0.25, 0.3) is 5.91 Å². The number of rotatable bonds is 8. The van der Waals surface area contributed by atoms with E-state index in [9.17, 15) is 9.59 Å². The quantitative estimate of drug-likeness (QED) is 0.575. The van der Waals surface area contributed by atoms with Crippen LogP contribution in [-0.2, 0) is 16.1 Å². The average molecular weight is 487 g/mol. The minimum Gasteiger partial charge on any atom is -0.484 e. The molecule has 1 N–H and O–H groups in total. The monoisotopic (exact) mass is 486 g/mol. The molecule has 2 aromatic carbocycles. The number of amides is 2. The summed E-state index contributed by atoms with van der Waals surface area (Å²) < 4.78 is 6.71. The second-order valence-electron chi connectivity index (χ2n) is 8.35. The number of nitrogens with one attached hydrogen (secondary N) is 1. The van der Waals surface area contributed by atoms with Crippen molar-refractivity contribution in [1.82, 2.24) is 10.2 Å². The van der Waals surface area contributed by atoms with E-state index < -0.39 is 6.04 Å². The standard InChI is InChI=1S/C25H31BrN2O3/c1-17-11-12-23(13-18(17)2)31-16-24(29)28(15-20-7-6-8-21(26)14-20)19(3)25(30)27-22-9-4-5-10-22/h6-8,11-14,19,22H,4-5,9-10,15-16H2,1-3H3,(H,27,30)/t19-/m0/s1. The lowest BCUT2D eigenvalue weighted by atomic mass is 10.1. The molecule has 0 saturated heterocycles. The van der Waals surface area contributed by atoms with Crippen molar-refractivity contribution < 1.29 is 14.3 Å². The molecule has 0 heterocycles. The maximum atomic E-state index is 13.2. The molecular formula is C25H31BrN2O3. The fraction of sp³-hybridized carbons (Fsp3) is 0.440. The maximum Gasteiger partial charge on any atom is 0.261 e. The Morgan fingerprint density at radius 3 is 2.55 bits per heavy atom. The van der Waals surface area contributed by atoms with Crippen molar-refractivity contribution in [2.45, 2.75) is 65.1 Å². The lowest BCUT2D eigenvalue weighted by Crippen LogP contribution is -2.50. The van der Waals surface area contributed by atoms with E-state index >= 15 is 0 Å². The Kier molecular flexibility index (Phi) is 8.13. The minimum absolute atomic E-state index is 0.110. The minimum atomic E-state index is -0.588. The Morgan fingerprint density at radius 2 is 1.87 bits per heavy atom. The van der Waals surface area contributed by atoms with Gasteiger partial charge in [-0.2, -0.15) is 0 Å². The van der Waals surface area contributed by atoms with Gasteiger partial charge in [0.05, 0.1) is 0 Å². The molecule has 2 amide bonds. The SMILES string of the molecule is Cc1ccc(OCC(=O)N(Cc2cccc(Br)c2)[C@@H](C)C(=O)NC2CCCC2)cc1C. The van der Waals surface area contributed by atoms with Gasteiger partial charge in [-0.15, -0.1) is 0 Å². The third-order valence-electron chi connectivity index (χ3n) is 5.95. The molecule has 0 spiro atoms. The first kappa shape index (κ1) is 23.3. The molecule has 0 aromatic heterocycles. The van der Waals surface area contributed by atoms with Crippen LogP contribution in [0.4, 0.5) is 0 Å². The van der Waals surface area contributed by atoms with Crippen LogP contribution in [0, 0.1) is 13.8 Å². The van der Waals surface area contributed by atoms with E-state index in [1.54, 1.807) is 11.8 Å². The highest BCUT2D eigenvalue weighted by Gasteiger charge is 2.28. The summed E-state index contributed by atoms with van der Waals surface area (Å²) in [5.41, 5.74) is 3.24. The fourth-order valence-electron chi connectivity index (χ4n) is 3.84. The lowest BCUT2D eigenvalue weighted by Gasteiger charge is -2.29. The second kappa shape index (κ2) is 10.8. The van der Waals surface area contributed by atoms with Crippen molar-refractivity contribution >= 4 is 27.7 Å². The van der Waals surface area contributed by atoms with Crippen LogP contribution in [0.5, 0.6) is 5.75 Å². The van der Waals surface area contributed by atoms with Gasteiger partial charge in [-0.05, 0) is 74.6 Å². The summed E-state index contributed by atoms with van der Waals surface area (Å²) in [6, 6.07) is 13.2.